The second-order valence-electron chi connectivity index (χ2n) is 3.73. The summed E-state index contributed by atoms with van der Waals surface area (Å²) in [5, 5.41) is 3.05. The van der Waals surface area contributed by atoms with Crippen LogP contribution >= 0.6 is 0 Å². The molecular weight excluding hydrogens is 177 g/mol. The first kappa shape index (κ1) is 9.08. The van der Waals surface area contributed by atoms with Crippen LogP contribution in [-0.4, -0.2) is 12.2 Å². The zero-order valence-electron chi connectivity index (χ0n) is 7.89. The molecule has 1 aliphatic rings. The molecule has 0 aliphatic heterocycles. The molecule has 0 radical (unpaired) electrons. The predicted octanol–water partition coefficient (Wildman–Crippen LogP) is 2.58. The number of nitrogens with one attached hydrogen (secondary N) is 1. The molecule has 14 heavy (non-hydrogen) atoms. The van der Waals surface area contributed by atoms with E-state index < -0.39 is 5.67 Å². The number of rotatable bonds is 3. The Labute approximate surface area is 83.3 Å². The summed E-state index contributed by atoms with van der Waals surface area (Å²) in [6.07, 6.45) is 6.61. The minimum Gasteiger partial charge on any atom is -0.382 e. The first-order chi connectivity index (χ1) is 6.72. The highest BCUT2D eigenvalue weighted by Crippen LogP contribution is 2.39. The Morgan fingerprint density at radius 3 is 2.93 bits per heavy atom. The SMILES string of the molecule is C#Cc1cccc(NCC2(F)CC2)c1. The summed E-state index contributed by atoms with van der Waals surface area (Å²) in [4.78, 5) is 0. The van der Waals surface area contributed by atoms with E-state index in [1.807, 2.05) is 24.3 Å². The molecule has 0 unspecified atom stereocenters. The topological polar surface area (TPSA) is 12.0 Å². The van der Waals surface area contributed by atoms with Gasteiger partial charge < -0.3 is 5.32 Å². The smallest absolute Gasteiger partial charge is 0.128 e. The monoisotopic (exact) mass is 189 g/mol. The number of anilines is 1. The van der Waals surface area contributed by atoms with Crippen LogP contribution in [0.25, 0.3) is 0 Å². The Kier molecular flexibility index (Phi) is 2.17. The van der Waals surface area contributed by atoms with Gasteiger partial charge in [0.05, 0.1) is 0 Å². The molecule has 1 aromatic carbocycles. The fourth-order valence-electron chi connectivity index (χ4n) is 1.29. The standard InChI is InChI=1S/C12H12FN/c1-2-10-4-3-5-11(8-10)14-9-12(13)6-7-12/h1,3-5,8,14H,6-7,9H2. The average Bonchev–Trinajstić information content (AvgIpc) is 2.95. The predicted molar refractivity (Wildman–Crippen MR) is 55.9 cm³/mol. The average molecular weight is 189 g/mol. The van der Waals surface area contributed by atoms with E-state index in [2.05, 4.69) is 11.2 Å². The third-order valence-electron chi connectivity index (χ3n) is 2.43. The van der Waals surface area contributed by atoms with Gasteiger partial charge in [0, 0.05) is 17.8 Å². The molecular formula is C12H12FN. The molecule has 0 aromatic heterocycles. The summed E-state index contributed by atoms with van der Waals surface area (Å²) in [7, 11) is 0. The Balaban J connectivity index is 1.99. The first-order valence-electron chi connectivity index (χ1n) is 4.71. The van der Waals surface area contributed by atoms with Crippen molar-refractivity contribution in [2.24, 2.45) is 0 Å². The highest BCUT2D eigenvalue weighted by Gasteiger charge is 2.42. The normalized spacial score (nSPS) is 17.1. The quantitative estimate of drug-likeness (QED) is 0.720. The van der Waals surface area contributed by atoms with Crippen molar-refractivity contribution >= 4 is 5.69 Å². The molecule has 0 spiro atoms. The molecule has 2 rings (SSSR count). The van der Waals surface area contributed by atoms with E-state index in [0.717, 1.165) is 11.3 Å². The van der Waals surface area contributed by atoms with Crippen LogP contribution < -0.4 is 5.32 Å². The van der Waals surface area contributed by atoms with E-state index in [4.69, 9.17) is 6.42 Å². The largest absolute Gasteiger partial charge is 0.382 e. The Bertz CT molecular complexity index is 374. The fraction of sp³-hybridized carbons (Fsp3) is 0.333. The summed E-state index contributed by atoms with van der Waals surface area (Å²) in [5.74, 6) is 2.55. The van der Waals surface area contributed by atoms with Crippen molar-refractivity contribution in [1.29, 1.82) is 0 Å². The van der Waals surface area contributed by atoms with Crippen molar-refractivity contribution in [2.45, 2.75) is 18.5 Å². The molecule has 0 bridgehead atoms. The van der Waals surface area contributed by atoms with Gasteiger partial charge in [-0.15, -0.1) is 6.42 Å². The first-order valence-corrected chi connectivity index (χ1v) is 4.71. The number of terminal acetylenes is 1. The van der Waals surface area contributed by atoms with E-state index in [9.17, 15) is 4.39 Å². The maximum Gasteiger partial charge on any atom is 0.128 e. The van der Waals surface area contributed by atoms with Crippen LogP contribution in [0.2, 0.25) is 0 Å². The summed E-state index contributed by atoms with van der Waals surface area (Å²) >= 11 is 0. The van der Waals surface area contributed by atoms with Crippen LogP contribution in [-0.2, 0) is 0 Å². The van der Waals surface area contributed by atoms with Crippen LogP contribution in [0.4, 0.5) is 10.1 Å². The van der Waals surface area contributed by atoms with E-state index in [-0.39, 0.29) is 0 Å². The van der Waals surface area contributed by atoms with Crippen molar-refractivity contribution in [2.75, 3.05) is 11.9 Å². The molecule has 2 heteroatoms. The molecule has 0 heterocycles. The van der Waals surface area contributed by atoms with Crippen molar-refractivity contribution in [3.05, 3.63) is 29.8 Å². The maximum atomic E-state index is 13.3. The summed E-state index contributed by atoms with van der Waals surface area (Å²) in [6, 6.07) is 7.47. The van der Waals surface area contributed by atoms with E-state index >= 15 is 0 Å². The van der Waals surface area contributed by atoms with Gasteiger partial charge in [0.25, 0.3) is 0 Å². The minimum atomic E-state index is -0.966. The Hall–Kier alpha value is -1.49. The van der Waals surface area contributed by atoms with Crippen molar-refractivity contribution in [1.82, 2.24) is 0 Å². The Morgan fingerprint density at radius 1 is 1.50 bits per heavy atom. The van der Waals surface area contributed by atoms with Gasteiger partial charge in [0.15, 0.2) is 0 Å². The number of halogens is 1. The zero-order chi connectivity index (χ0) is 10.0. The molecule has 1 aliphatic carbocycles. The zero-order valence-corrected chi connectivity index (χ0v) is 7.89. The van der Waals surface area contributed by atoms with Gasteiger partial charge in [-0.3, -0.25) is 0 Å². The number of hydrogen-bond acceptors (Lipinski definition) is 1. The fourth-order valence-corrected chi connectivity index (χ4v) is 1.29. The Morgan fingerprint density at radius 2 is 2.29 bits per heavy atom. The maximum absolute atomic E-state index is 13.3. The number of alkyl halides is 1. The third-order valence-corrected chi connectivity index (χ3v) is 2.43. The van der Waals surface area contributed by atoms with Gasteiger partial charge >= 0.3 is 0 Å². The number of hydrogen-bond donors (Lipinski definition) is 1. The highest BCUT2D eigenvalue weighted by molar-refractivity contribution is 5.50. The molecule has 1 fully saturated rings. The van der Waals surface area contributed by atoms with Crippen LogP contribution in [0.5, 0.6) is 0 Å². The molecule has 1 saturated carbocycles. The summed E-state index contributed by atoms with van der Waals surface area (Å²) < 4.78 is 13.3. The van der Waals surface area contributed by atoms with E-state index in [1.165, 1.54) is 0 Å². The second-order valence-corrected chi connectivity index (χ2v) is 3.73. The van der Waals surface area contributed by atoms with Crippen LogP contribution in [0, 0.1) is 12.3 Å². The summed E-state index contributed by atoms with van der Waals surface area (Å²) in [5.41, 5.74) is 0.745. The third kappa shape index (κ3) is 2.05. The molecule has 72 valence electrons. The van der Waals surface area contributed by atoms with Crippen molar-refractivity contribution < 1.29 is 4.39 Å². The summed E-state index contributed by atoms with van der Waals surface area (Å²) in [6.45, 7) is 0.390. The highest BCUT2D eigenvalue weighted by atomic mass is 19.1. The van der Waals surface area contributed by atoms with Crippen molar-refractivity contribution in [3.8, 4) is 12.3 Å². The second kappa shape index (κ2) is 3.34. The van der Waals surface area contributed by atoms with Crippen LogP contribution in [0.1, 0.15) is 18.4 Å². The lowest BCUT2D eigenvalue weighted by atomic mass is 10.2. The van der Waals surface area contributed by atoms with Gasteiger partial charge in [-0.2, -0.15) is 0 Å². The number of benzene rings is 1. The molecule has 1 nitrogen and oxygen atoms in total. The lowest BCUT2D eigenvalue weighted by Gasteiger charge is -2.08. The van der Waals surface area contributed by atoms with Gasteiger partial charge in [0.2, 0.25) is 0 Å². The molecule has 1 N–H and O–H groups in total. The lowest BCUT2D eigenvalue weighted by Crippen LogP contribution is -2.15. The van der Waals surface area contributed by atoms with Crippen LogP contribution in [0.3, 0.4) is 0 Å². The molecule has 0 amide bonds. The minimum absolute atomic E-state index is 0.390. The van der Waals surface area contributed by atoms with Crippen LogP contribution in [0.15, 0.2) is 24.3 Å². The molecule has 0 saturated heterocycles. The molecule has 0 atom stereocenters. The van der Waals surface area contributed by atoms with E-state index in [1.54, 1.807) is 0 Å². The van der Waals surface area contributed by atoms with Crippen molar-refractivity contribution in [3.63, 3.8) is 0 Å². The molecule has 1 aromatic rings. The van der Waals surface area contributed by atoms with E-state index in [0.29, 0.717) is 19.4 Å². The lowest BCUT2D eigenvalue weighted by molar-refractivity contribution is 0.326. The van der Waals surface area contributed by atoms with Gasteiger partial charge in [0.1, 0.15) is 5.67 Å². The van der Waals surface area contributed by atoms with Gasteiger partial charge in [-0.05, 0) is 31.0 Å². The van der Waals surface area contributed by atoms with Gasteiger partial charge in [-0.25, -0.2) is 4.39 Å². The van der Waals surface area contributed by atoms with Gasteiger partial charge in [-0.1, -0.05) is 12.0 Å².